The van der Waals surface area contributed by atoms with E-state index in [0.717, 1.165) is 33.1 Å². The number of fused-ring (bicyclic) bond motifs is 4. The second-order valence-corrected chi connectivity index (χ2v) is 6.09. The first kappa shape index (κ1) is 14.5. The highest BCUT2D eigenvalue weighted by Crippen LogP contribution is 2.22. The Morgan fingerprint density at radius 3 is 3.00 bits per heavy atom. The second-order valence-electron chi connectivity index (χ2n) is 6.09. The summed E-state index contributed by atoms with van der Waals surface area (Å²) in [5.41, 5.74) is 10.9. The lowest BCUT2D eigenvalue weighted by atomic mass is 10.1. The minimum Gasteiger partial charge on any atom is -0.361 e. The highest BCUT2D eigenvalue weighted by atomic mass is 16.2. The Balaban J connectivity index is 1.44. The van der Waals surface area contributed by atoms with Crippen LogP contribution in [0.2, 0.25) is 0 Å². The number of H-pyrrole nitrogens is 1. The lowest BCUT2D eigenvalue weighted by Crippen LogP contribution is -2.29. The van der Waals surface area contributed by atoms with Crippen LogP contribution in [0.15, 0.2) is 73.2 Å². The molecular weight excluding hydrogens is 326 g/mol. The second kappa shape index (κ2) is 5.63. The van der Waals surface area contributed by atoms with Gasteiger partial charge in [-0.25, -0.2) is 0 Å². The van der Waals surface area contributed by atoms with Gasteiger partial charge >= 0.3 is 0 Å². The van der Waals surface area contributed by atoms with Gasteiger partial charge in [0.25, 0.3) is 5.91 Å². The SMILES string of the molecule is O=C(NNc1cccc2c1ncc1cccn12)c1ccc2[nH]ccc2c1. The topological polar surface area (TPSA) is 74.2 Å². The number of rotatable bonds is 3. The molecule has 3 aromatic heterocycles. The number of hydrogen-bond acceptors (Lipinski definition) is 3. The molecular formula is C20H15N5O. The Labute approximate surface area is 148 Å². The van der Waals surface area contributed by atoms with Crippen LogP contribution in [0.1, 0.15) is 10.4 Å². The minimum atomic E-state index is -0.202. The zero-order chi connectivity index (χ0) is 17.5. The third kappa shape index (κ3) is 2.28. The summed E-state index contributed by atoms with van der Waals surface area (Å²) >= 11 is 0. The van der Waals surface area contributed by atoms with E-state index in [1.54, 1.807) is 6.07 Å². The summed E-state index contributed by atoms with van der Waals surface area (Å²) in [4.78, 5) is 20.1. The van der Waals surface area contributed by atoms with Crippen LogP contribution in [0.25, 0.3) is 27.5 Å². The van der Waals surface area contributed by atoms with E-state index >= 15 is 0 Å². The van der Waals surface area contributed by atoms with Gasteiger partial charge in [-0.3, -0.25) is 20.6 Å². The van der Waals surface area contributed by atoms with Gasteiger partial charge in [0.15, 0.2) is 0 Å². The van der Waals surface area contributed by atoms with Crippen molar-refractivity contribution in [2.24, 2.45) is 0 Å². The molecule has 0 saturated carbocycles. The van der Waals surface area contributed by atoms with Crippen LogP contribution < -0.4 is 10.9 Å². The van der Waals surface area contributed by atoms with Gasteiger partial charge in [0.1, 0.15) is 5.52 Å². The van der Waals surface area contributed by atoms with Crippen LogP contribution in [0, 0.1) is 0 Å². The molecule has 1 amide bonds. The molecule has 0 aliphatic carbocycles. The van der Waals surface area contributed by atoms with Gasteiger partial charge in [-0.15, -0.1) is 0 Å². The highest BCUT2D eigenvalue weighted by Gasteiger charge is 2.09. The van der Waals surface area contributed by atoms with E-state index in [0.29, 0.717) is 5.56 Å². The van der Waals surface area contributed by atoms with Crippen molar-refractivity contribution in [3.63, 3.8) is 0 Å². The standard InChI is InChI=1S/C20H15N5O/c26-20(14-6-7-16-13(11-14)8-9-21-16)24-23-17-4-1-5-18-19(17)22-12-15-3-2-10-25(15)18/h1-12,21,23H,(H,24,26). The minimum absolute atomic E-state index is 0.202. The maximum atomic E-state index is 12.5. The molecule has 0 saturated heterocycles. The molecule has 0 spiro atoms. The normalized spacial score (nSPS) is 11.2. The third-order valence-corrected chi connectivity index (χ3v) is 4.51. The molecule has 6 nitrogen and oxygen atoms in total. The van der Waals surface area contributed by atoms with Crippen LogP contribution >= 0.6 is 0 Å². The summed E-state index contributed by atoms with van der Waals surface area (Å²) in [6.07, 6.45) is 5.66. The molecule has 26 heavy (non-hydrogen) atoms. The number of hydrogen-bond donors (Lipinski definition) is 3. The van der Waals surface area contributed by atoms with E-state index in [1.165, 1.54) is 0 Å². The molecule has 2 aromatic carbocycles. The number of nitrogens with zero attached hydrogens (tertiary/aromatic N) is 2. The molecule has 5 rings (SSSR count). The summed E-state index contributed by atoms with van der Waals surface area (Å²) < 4.78 is 2.06. The van der Waals surface area contributed by atoms with E-state index in [1.807, 2.05) is 67.1 Å². The Morgan fingerprint density at radius 2 is 2.04 bits per heavy atom. The molecule has 0 bridgehead atoms. The van der Waals surface area contributed by atoms with Crippen LogP contribution in [0.3, 0.4) is 0 Å². The smallest absolute Gasteiger partial charge is 0.269 e. The van der Waals surface area contributed by atoms with Gasteiger partial charge in [0, 0.05) is 28.9 Å². The van der Waals surface area contributed by atoms with Crippen molar-refractivity contribution in [3.05, 3.63) is 78.8 Å². The quantitative estimate of drug-likeness (QED) is 0.438. The van der Waals surface area contributed by atoms with Crippen LogP contribution in [-0.2, 0) is 0 Å². The van der Waals surface area contributed by atoms with Crippen molar-refractivity contribution in [1.82, 2.24) is 19.8 Å². The molecule has 0 unspecified atom stereocenters. The molecule has 126 valence electrons. The first-order valence-electron chi connectivity index (χ1n) is 8.28. The average Bonchev–Trinajstić information content (AvgIpc) is 3.34. The molecule has 3 heterocycles. The molecule has 6 heteroatoms. The summed E-state index contributed by atoms with van der Waals surface area (Å²) in [5, 5.41) is 1.000. The van der Waals surface area contributed by atoms with Crippen LogP contribution in [0.5, 0.6) is 0 Å². The predicted molar refractivity (Wildman–Crippen MR) is 102 cm³/mol. The molecule has 5 aromatic rings. The highest BCUT2D eigenvalue weighted by molar-refractivity contribution is 5.99. The van der Waals surface area contributed by atoms with E-state index in [4.69, 9.17) is 0 Å². The fraction of sp³-hybridized carbons (Fsp3) is 0. The lowest BCUT2D eigenvalue weighted by molar-refractivity contribution is 0.0963. The van der Waals surface area contributed by atoms with Gasteiger partial charge in [-0.05, 0) is 48.5 Å². The van der Waals surface area contributed by atoms with Gasteiger partial charge in [-0.1, -0.05) is 6.07 Å². The summed E-state index contributed by atoms with van der Waals surface area (Å²) in [5.74, 6) is -0.202. The van der Waals surface area contributed by atoms with Gasteiger partial charge in [-0.2, -0.15) is 0 Å². The van der Waals surface area contributed by atoms with Crippen molar-refractivity contribution in [2.75, 3.05) is 5.43 Å². The maximum absolute atomic E-state index is 12.5. The summed E-state index contributed by atoms with van der Waals surface area (Å²) in [7, 11) is 0. The molecule has 0 aliphatic heterocycles. The van der Waals surface area contributed by atoms with Crippen molar-refractivity contribution < 1.29 is 4.79 Å². The Hall–Kier alpha value is -3.80. The fourth-order valence-corrected chi connectivity index (χ4v) is 3.20. The number of hydrazine groups is 1. The van der Waals surface area contributed by atoms with Crippen LogP contribution in [-0.4, -0.2) is 20.3 Å². The monoisotopic (exact) mass is 341 g/mol. The average molecular weight is 341 g/mol. The molecule has 0 radical (unpaired) electrons. The van der Waals surface area contributed by atoms with Crippen molar-refractivity contribution >= 4 is 39.0 Å². The van der Waals surface area contributed by atoms with E-state index in [-0.39, 0.29) is 5.91 Å². The van der Waals surface area contributed by atoms with Gasteiger partial charge in [0.2, 0.25) is 0 Å². The zero-order valence-corrected chi connectivity index (χ0v) is 13.7. The summed E-state index contributed by atoms with van der Waals surface area (Å²) in [6, 6.07) is 17.3. The van der Waals surface area contributed by atoms with Crippen molar-refractivity contribution in [1.29, 1.82) is 0 Å². The third-order valence-electron chi connectivity index (χ3n) is 4.51. The zero-order valence-electron chi connectivity index (χ0n) is 13.7. The first-order valence-corrected chi connectivity index (χ1v) is 8.28. The van der Waals surface area contributed by atoms with Gasteiger partial charge in [0.05, 0.1) is 22.9 Å². The Kier molecular flexibility index (Phi) is 3.15. The largest absolute Gasteiger partial charge is 0.361 e. The number of aromatic nitrogens is 3. The lowest BCUT2D eigenvalue weighted by Gasteiger charge is -2.11. The maximum Gasteiger partial charge on any atom is 0.269 e. The molecule has 0 fully saturated rings. The number of para-hydroxylation sites is 1. The molecule has 0 aliphatic rings. The summed E-state index contributed by atoms with van der Waals surface area (Å²) in [6.45, 7) is 0. The van der Waals surface area contributed by atoms with Crippen LogP contribution in [0.4, 0.5) is 5.69 Å². The first-order chi connectivity index (χ1) is 12.8. The predicted octanol–water partition coefficient (Wildman–Crippen LogP) is 3.73. The number of nitrogens with one attached hydrogen (secondary N) is 3. The van der Waals surface area contributed by atoms with E-state index in [2.05, 4.69) is 25.2 Å². The van der Waals surface area contributed by atoms with Crippen molar-refractivity contribution in [3.8, 4) is 0 Å². The van der Waals surface area contributed by atoms with Crippen molar-refractivity contribution in [2.45, 2.75) is 0 Å². The molecule has 0 atom stereocenters. The number of amides is 1. The number of carbonyl (C=O) groups excluding carboxylic acids is 1. The number of carbonyl (C=O) groups is 1. The Morgan fingerprint density at radius 1 is 1.08 bits per heavy atom. The fourth-order valence-electron chi connectivity index (χ4n) is 3.20. The van der Waals surface area contributed by atoms with E-state index in [9.17, 15) is 4.79 Å². The number of anilines is 1. The van der Waals surface area contributed by atoms with E-state index < -0.39 is 0 Å². The van der Waals surface area contributed by atoms with Gasteiger partial charge < -0.3 is 9.38 Å². The number of benzene rings is 2. The molecule has 3 N–H and O–H groups in total. The Bertz CT molecular complexity index is 1270. The number of aromatic amines is 1.